The van der Waals surface area contributed by atoms with Crippen molar-refractivity contribution in [3.8, 4) is 5.75 Å². The van der Waals surface area contributed by atoms with Crippen LogP contribution in [-0.2, 0) is 6.54 Å². The van der Waals surface area contributed by atoms with Crippen molar-refractivity contribution >= 4 is 33.9 Å². The number of hydrogen-bond acceptors (Lipinski definition) is 4. The SMILES string of the molecule is CCCn1c(NC(=O)c2oc3ccc(OC)cc3c2C)nc2ccccc21. The molecule has 6 heteroatoms. The Morgan fingerprint density at radius 1 is 1.26 bits per heavy atom. The van der Waals surface area contributed by atoms with Gasteiger partial charge in [0.25, 0.3) is 5.91 Å². The lowest BCUT2D eigenvalue weighted by Crippen LogP contribution is -2.16. The lowest BCUT2D eigenvalue weighted by molar-refractivity contribution is 0.0996. The van der Waals surface area contributed by atoms with Crippen molar-refractivity contribution in [3.05, 3.63) is 53.8 Å². The van der Waals surface area contributed by atoms with E-state index in [-0.39, 0.29) is 11.7 Å². The van der Waals surface area contributed by atoms with Crippen LogP contribution in [0.2, 0.25) is 0 Å². The highest BCUT2D eigenvalue weighted by molar-refractivity contribution is 6.06. The highest BCUT2D eigenvalue weighted by Crippen LogP contribution is 2.29. The van der Waals surface area contributed by atoms with Gasteiger partial charge in [0.15, 0.2) is 5.76 Å². The summed E-state index contributed by atoms with van der Waals surface area (Å²) in [5, 5.41) is 3.78. The van der Waals surface area contributed by atoms with Crippen LogP contribution >= 0.6 is 0 Å². The Hall–Kier alpha value is -3.28. The lowest BCUT2D eigenvalue weighted by Gasteiger charge is -2.08. The standard InChI is InChI=1S/C21H21N3O3/c1-4-11-24-17-8-6-5-7-16(17)22-21(24)23-20(25)19-13(2)15-12-14(26-3)9-10-18(15)27-19/h5-10,12H,4,11H2,1-3H3,(H,22,23,25). The maximum atomic E-state index is 12.9. The third-order valence-electron chi connectivity index (χ3n) is 4.68. The second-order valence-electron chi connectivity index (χ2n) is 6.45. The van der Waals surface area contributed by atoms with Crippen LogP contribution in [0.1, 0.15) is 29.5 Å². The smallest absolute Gasteiger partial charge is 0.294 e. The Balaban J connectivity index is 1.72. The molecule has 0 bridgehead atoms. The summed E-state index contributed by atoms with van der Waals surface area (Å²) >= 11 is 0. The number of anilines is 1. The van der Waals surface area contributed by atoms with Crippen molar-refractivity contribution in [1.29, 1.82) is 0 Å². The molecule has 0 saturated heterocycles. The number of methoxy groups -OCH3 is 1. The van der Waals surface area contributed by atoms with Crippen LogP contribution in [0.3, 0.4) is 0 Å². The molecule has 0 fully saturated rings. The average molecular weight is 363 g/mol. The number of amides is 1. The fourth-order valence-corrected chi connectivity index (χ4v) is 3.32. The third-order valence-corrected chi connectivity index (χ3v) is 4.68. The predicted octanol–water partition coefficient (Wildman–Crippen LogP) is 4.76. The number of carbonyl (C=O) groups excluding carboxylic acids is 1. The van der Waals surface area contributed by atoms with Gasteiger partial charge in [0.2, 0.25) is 5.95 Å². The number of para-hydroxylation sites is 2. The molecule has 1 N–H and O–H groups in total. The first kappa shape index (κ1) is 17.1. The average Bonchev–Trinajstić information content (AvgIpc) is 3.20. The van der Waals surface area contributed by atoms with Gasteiger partial charge in [-0.05, 0) is 43.7 Å². The van der Waals surface area contributed by atoms with Crippen LogP contribution in [-0.4, -0.2) is 22.6 Å². The zero-order valence-electron chi connectivity index (χ0n) is 15.6. The number of rotatable bonds is 5. The van der Waals surface area contributed by atoms with Crippen molar-refractivity contribution in [2.75, 3.05) is 12.4 Å². The van der Waals surface area contributed by atoms with Crippen LogP contribution in [0.5, 0.6) is 5.75 Å². The summed E-state index contributed by atoms with van der Waals surface area (Å²) in [5.41, 5.74) is 3.29. The topological polar surface area (TPSA) is 69.3 Å². The van der Waals surface area contributed by atoms with E-state index in [0.29, 0.717) is 11.5 Å². The number of aryl methyl sites for hydroxylation is 2. The van der Waals surface area contributed by atoms with E-state index < -0.39 is 0 Å². The van der Waals surface area contributed by atoms with Crippen LogP contribution in [0.15, 0.2) is 46.9 Å². The Labute approximate surface area is 156 Å². The molecule has 0 spiro atoms. The largest absolute Gasteiger partial charge is 0.497 e. The van der Waals surface area contributed by atoms with E-state index in [2.05, 4.69) is 17.2 Å². The zero-order chi connectivity index (χ0) is 19.0. The molecule has 138 valence electrons. The number of benzene rings is 2. The summed E-state index contributed by atoms with van der Waals surface area (Å²) in [6.07, 6.45) is 0.937. The van der Waals surface area contributed by atoms with Crippen molar-refractivity contribution in [2.45, 2.75) is 26.8 Å². The summed E-state index contributed by atoms with van der Waals surface area (Å²) in [7, 11) is 1.61. The maximum absolute atomic E-state index is 12.9. The van der Waals surface area contributed by atoms with Gasteiger partial charge in [-0.1, -0.05) is 19.1 Å². The first-order valence-corrected chi connectivity index (χ1v) is 8.96. The molecule has 0 aliphatic rings. The van der Waals surface area contributed by atoms with Crippen molar-refractivity contribution in [3.63, 3.8) is 0 Å². The Bertz CT molecular complexity index is 1140. The van der Waals surface area contributed by atoms with Crippen LogP contribution in [0.25, 0.3) is 22.0 Å². The molecule has 2 aromatic heterocycles. The molecule has 0 radical (unpaired) electrons. The van der Waals surface area contributed by atoms with Gasteiger partial charge in [-0.15, -0.1) is 0 Å². The van der Waals surface area contributed by atoms with E-state index in [0.717, 1.165) is 40.7 Å². The minimum absolute atomic E-state index is 0.286. The summed E-state index contributed by atoms with van der Waals surface area (Å²) in [6, 6.07) is 13.4. The molecule has 0 unspecified atom stereocenters. The van der Waals surface area contributed by atoms with Crippen LogP contribution in [0.4, 0.5) is 5.95 Å². The monoisotopic (exact) mass is 363 g/mol. The molecule has 27 heavy (non-hydrogen) atoms. The molecule has 0 aliphatic heterocycles. The lowest BCUT2D eigenvalue weighted by atomic mass is 10.1. The minimum Gasteiger partial charge on any atom is -0.497 e. The highest BCUT2D eigenvalue weighted by Gasteiger charge is 2.20. The molecule has 1 amide bonds. The number of aromatic nitrogens is 2. The Morgan fingerprint density at radius 3 is 2.85 bits per heavy atom. The number of furan rings is 1. The van der Waals surface area contributed by atoms with Gasteiger partial charge in [0.1, 0.15) is 11.3 Å². The normalized spacial score (nSPS) is 11.2. The number of carbonyl (C=O) groups is 1. The first-order chi connectivity index (χ1) is 13.1. The van der Waals surface area contributed by atoms with Gasteiger partial charge in [0.05, 0.1) is 18.1 Å². The molecule has 0 aliphatic carbocycles. The van der Waals surface area contributed by atoms with Gasteiger partial charge in [-0.2, -0.15) is 0 Å². The van der Waals surface area contributed by atoms with E-state index in [4.69, 9.17) is 9.15 Å². The zero-order valence-corrected chi connectivity index (χ0v) is 15.6. The summed E-state index contributed by atoms with van der Waals surface area (Å²) in [4.78, 5) is 17.5. The van der Waals surface area contributed by atoms with Crippen LogP contribution < -0.4 is 10.1 Å². The summed E-state index contributed by atoms with van der Waals surface area (Å²) < 4.78 is 13.1. The van der Waals surface area contributed by atoms with Gasteiger partial charge >= 0.3 is 0 Å². The van der Waals surface area contributed by atoms with Gasteiger partial charge in [-0.3, -0.25) is 10.1 Å². The van der Waals surface area contributed by atoms with E-state index in [1.807, 2.05) is 54.0 Å². The van der Waals surface area contributed by atoms with Gasteiger partial charge < -0.3 is 13.7 Å². The number of nitrogens with one attached hydrogen (secondary N) is 1. The van der Waals surface area contributed by atoms with Crippen LogP contribution in [0, 0.1) is 6.92 Å². The number of nitrogens with zero attached hydrogens (tertiary/aromatic N) is 2. The highest BCUT2D eigenvalue weighted by atomic mass is 16.5. The number of ether oxygens (including phenoxy) is 1. The Kier molecular flexibility index (Phi) is 4.32. The number of hydrogen-bond donors (Lipinski definition) is 1. The molecule has 2 aromatic carbocycles. The summed E-state index contributed by atoms with van der Waals surface area (Å²) in [6.45, 7) is 4.73. The van der Waals surface area contributed by atoms with Gasteiger partial charge in [-0.25, -0.2) is 4.98 Å². The second kappa shape index (κ2) is 6.79. The maximum Gasteiger partial charge on any atom is 0.294 e. The quantitative estimate of drug-likeness (QED) is 0.555. The van der Waals surface area contributed by atoms with Crippen molar-refractivity contribution in [1.82, 2.24) is 9.55 Å². The van der Waals surface area contributed by atoms with E-state index in [9.17, 15) is 4.79 Å². The molecule has 6 nitrogen and oxygen atoms in total. The number of fused-ring (bicyclic) bond motifs is 2. The molecule has 4 aromatic rings. The molecule has 0 saturated carbocycles. The predicted molar refractivity (Wildman–Crippen MR) is 105 cm³/mol. The van der Waals surface area contributed by atoms with E-state index >= 15 is 0 Å². The van der Waals surface area contributed by atoms with E-state index in [1.54, 1.807) is 7.11 Å². The molecule has 4 rings (SSSR count). The molecular formula is C21H21N3O3. The molecule has 0 atom stereocenters. The fourth-order valence-electron chi connectivity index (χ4n) is 3.32. The second-order valence-corrected chi connectivity index (χ2v) is 6.45. The number of imidazole rings is 1. The Morgan fingerprint density at radius 2 is 2.07 bits per heavy atom. The van der Waals surface area contributed by atoms with E-state index in [1.165, 1.54) is 0 Å². The van der Waals surface area contributed by atoms with Crippen molar-refractivity contribution in [2.24, 2.45) is 0 Å². The molecular weight excluding hydrogens is 342 g/mol. The minimum atomic E-state index is -0.310. The fraction of sp³-hybridized carbons (Fsp3) is 0.238. The van der Waals surface area contributed by atoms with Gasteiger partial charge in [0, 0.05) is 17.5 Å². The van der Waals surface area contributed by atoms with Crippen molar-refractivity contribution < 1.29 is 13.9 Å². The third kappa shape index (κ3) is 2.93. The first-order valence-electron chi connectivity index (χ1n) is 8.96. The summed E-state index contributed by atoms with van der Waals surface area (Å²) in [5.74, 6) is 1.23. The molecule has 2 heterocycles.